The van der Waals surface area contributed by atoms with E-state index in [2.05, 4.69) is 37.2 Å². The average Bonchev–Trinajstić information content (AvgIpc) is 3.14. The number of rotatable bonds is 4. The van der Waals surface area contributed by atoms with Gasteiger partial charge in [-0.25, -0.2) is 9.67 Å². The summed E-state index contributed by atoms with van der Waals surface area (Å²) in [5.41, 5.74) is 0. The van der Waals surface area contributed by atoms with E-state index in [1.807, 2.05) is 11.6 Å². The van der Waals surface area contributed by atoms with Gasteiger partial charge in [0.25, 0.3) is 0 Å². The molecule has 1 N–H and O–H groups in total. The predicted molar refractivity (Wildman–Crippen MR) is 76.7 cm³/mol. The monoisotopic (exact) mass is 287 g/mol. The number of hydrogen-bond donors (Lipinski definition) is 1. The molecule has 0 saturated heterocycles. The molecule has 1 atom stereocenters. The first kappa shape index (κ1) is 12.9. The van der Waals surface area contributed by atoms with Gasteiger partial charge in [0.05, 0.1) is 13.1 Å². The molecule has 21 heavy (non-hydrogen) atoms. The molecule has 1 fully saturated rings. The van der Waals surface area contributed by atoms with Crippen molar-refractivity contribution in [3.8, 4) is 0 Å². The SMILES string of the molecule is Cc1nc2n(n1)C[C@H](NCc1nnc(C3CC3)n1C)CC2. The second kappa shape index (κ2) is 4.91. The minimum atomic E-state index is 0.430. The van der Waals surface area contributed by atoms with Gasteiger partial charge in [0, 0.05) is 25.4 Å². The maximum Gasteiger partial charge on any atom is 0.147 e. The van der Waals surface area contributed by atoms with Gasteiger partial charge >= 0.3 is 0 Å². The van der Waals surface area contributed by atoms with Gasteiger partial charge in [0.1, 0.15) is 23.3 Å². The molecule has 4 rings (SSSR count). The lowest BCUT2D eigenvalue weighted by molar-refractivity contribution is 0.353. The second-order valence-electron chi connectivity index (χ2n) is 6.18. The van der Waals surface area contributed by atoms with Gasteiger partial charge in [-0.2, -0.15) is 5.10 Å². The van der Waals surface area contributed by atoms with Crippen LogP contribution in [0.4, 0.5) is 0 Å². The molecular weight excluding hydrogens is 266 g/mol. The normalized spacial score (nSPS) is 21.5. The lowest BCUT2D eigenvalue weighted by Crippen LogP contribution is -2.38. The molecular formula is C14H21N7. The first-order valence-corrected chi connectivity index (χ1v) is 7.72. The van der Waals surface area contributed by atoms with Crippen molar-refractivity contribution in [3.05, 3.63) is 23.3 Å². The first-order chi connectivity index (χ1) is 10.2. The van der Waals surface area contributed by atoms with Gasteiger partial charge in [-0.1, -0.05) is 0 Å². The summed E-state index contributed by atoms with van der Waals surface area (Å²) in [6.45, 7) is 3.61. The van der Waals surface area contributed by atoms with Crippen molar-refractivity contribution in [3.63, 3.8) is 0 Å². The highest BCUT2D eigenvalue weighted by atomic mass is 15.4. The summed E-state index contributed by atoms with van der Waals surface area (Å²) < 4.78 is 4.18. The zero-order chi connectivity index (χ0) is 14.4. The van der Waals surface area contributed by atoms with E-state index < -0.39 is 0 Å². The van der Waals surface area contributed by atoms with Crippen LogP contribution in [-0.2, 0) is 26.6 Å². The lowest BCUT2D eigenvalue weighted by Gasteiger charge is -2.23. The lowest BCUT2D eigenvalue weighted by atomic mass is 10.1. The Morgan fingerprint density at radius 3 is 2.90 bits per heavy atom. The van der Waals surface area contributed by atoms with Gasteiger partial charge < -0.3 is 9.88 Å². The van der Waals surface area contributed by atoms with Crippen molar-refractivity contribution in [1.29, 1.82) is 0 Å². The maximum absolute atomic E-state index is 4.45. The van der Waals surface area contributed by atoms with Gasteiger partial charge in [-0.15, -0.1) is 10.2 Å². The molecule has 0 bridgehead atoms. The number of nitrogens with zero attached hydrogens (tertiary/aromatic N) is 6. The molecule has 2 aromatic heterocycles. The van der Waals surface area contributed by atoms with Gasteiger partial charge in [0.15, 0.2) is 0 Å². The minimum Gasteiger partial charge on any atom is -0.317 e. The number of aryl methyl sites for hydroxylation is 2. The fourth-order valence-corrected chi connectivity index (χ4v) is 3.06. The zero-order valence-corrected chi connectivity index (χ0v) is 12.6. The fourth-order valence-electron chi connectivity index (χ4n) is 3.06. The number of fused-ring (bicyclic) bond motifs is 1. The standard InChI is InChI=1S/C14H21N7/c1-9-16-12-6-5-11(8-21(12)19-9)15-7-13-17-18-14(20(13)2)10-3-4-10/h10-11,15H,3-8H2,1-2H3/t11-/m1/s1. The smallest absolute Gasteiger partial charge is 0.147 e. The van der Waals surface area contributed by atoms with Gasteiger partial charge in [-0.05, 0) is 26.2 Å². The minimum absolute atomic E-state index is 0.430. The number of aromatic nitrogens is 6. The molecule has 0 amide bonds. The largest absolute Gasteiger partial charge is 0.317 e. The van der Waals surface area contributed by atoms with Gasteiger partial charge in [0.2, 0.25) is 0 Å². The topological polar surface area (TPSA) is 73.5 Å². The summed E-state index contributed by atoms with van der Waals surface area (Å²) in [5.74, 6) is 4.79. The second-order valence-corrected chi connectivity index (χ2v) is 6.18. The highest BCUT2D eigenvalue weighted by Crippen LogP contribution is 2.38. The summed E-state index contributed by atoms with van der Waals surface area (Å²) in [4.78, 5) is 4.45. The Morgan fingerprint density at radius 1 is 1.24 bits per heavy atom. The summed E-state index contributed by atoms with van der Waals surface area (Å²) in [6.07, 6.45) is 4.61. The third kappa shape index (κ3) is 2.46. The molecule has 7 heteroatoms. The molecule has 7 nitrogen and oxygen atoms in total. The molecule has 0 spiro atoms. The molecule has 1 aliphatic heterocycles. The van der Waals surface area contributed by atoms with Crippen LogP contribution in [0.15, 0.2) is 0 Å². The zero-order valence-electron chi connectivity index (χ0n) is 12.6. The van der Waals surface area contributed by atoms with Crippen LogP contribution in [-0.4, -0.2) is 35.6 Å². The van der Waals surface area contributed by atoms with Crippen LogP contribution < -0.4 is 5.32 Å². The van der Waals surface area contributed by atoms with E-state index in [1.54, 1.807) is 0 Å². The third-order valence-electron chi connectivity index (χ3n) is 4.45. The molecule has 0 radical (unpaired) electrons. The molecule has 3 heterocycles. The molecule has 0 unspecified atom stereocenters. The quantitative estimate of drug-likeness (QED) is 0.896. The van der Waals surface area contributed by atoms with Crippen LogP contribution in [0, 0.1) is 6.92 Å². The Hall–Kier alpha value is -1.76. The fraction of sp³-hybridized carbons (Fsp3) is 0.714. The highest BCUT2D eigenvalue weighted by Gasteiger charge is 2.29. The van der Waals surface area contributed by atoms with Crippen molar-refractivity contribution in [2.45, 2.75) is 57.7 Å². The van der Waals surface area contributed by atoms with Crippen LogP contribution in [0.5, 0.6) is 0 Å². The van der Waals surface area contributed by atoms with E-state index >= 15 is 0 Å². The summed E-state index contributed by atoms with van der Waals surface area (Å²) in [5, 5.41) is 16.7. The highest BCUT2D eigenvalue weighted by molar-refractivity contribution is 5.08. The summed E-state index contributed by atoms with van der Waals surface area (Å²) >= 11 is 0. The Morgan fingerprint density at radius 2 is 2.10 bits per heavy atom. The number of hydrogen-bond acceptors (Lipinski definition) is 5. The first-order valence-electron chi connectivity index (χ1n) is 7.72. The Kier molecular flexibility index (Phi) is 3.02. The van der Waals surface area contributed by atoms with Crippen LogP contribution in [0.2, 0.25) is 0 Å². The van der Waals surface area contributed by atoms with Crippen molar-refractivity contribution in [1.82, 2.24) is 34.8 Å². The van der Waals surface area contributed by atoms with E-state index in [-0.39, 0.29) is 0 Å². The molecule has 112 valence electrons. The molecule has 2 aromatic rings. The average molecular weight is 287 g/mol. The Labute approximate surface area is 123 Å². The number of nitrogens with one attached hydrogen (secondary N) is 1. The maximum atomic E-state index is 4.45. The predicted octanol–water partition coefficient (Wildman–Crippen LogP) is 0.697. The van der Waals surface area contributed by atoms with E-state index in [9.17, 15) is 0 Å². The van der Waals surface area contributed by atoms with Crippen molar-refractivity contribution in [2.75, 3.05) is 0 Å². The van der Waals surface area contributed by atoms with E-state index in [0.29, 0.717) is 12.0 Å². The summed E-state index contributed by atoms with van der Waals surface area (Å²) in [6, 6.07) is 0.430. The Balaban J connectivity index is 1.39. The molecule has 0 aromatic carbocycles. The van der Waals surface area contributed by atoms with Crippen molar-refractivity contribution < 1.29 is 0 Å². The van der Waals surface area contributed by atoms with Crippen molar-refractivity contribution in [2.24, 2.45) is 7.05 Å². The van der Waals surface area contributed by atoms with Crippen LogP contribution in [0.3, 0.4) is 0 Å². The summed E-state index contributed by atoms with van der Waals surface area (Å²) in [7, 11) is 2.07. The van der Waals surface area contributed by atoms with Crippen LogP contribution in [0.1, 0.15) is 48.5 Å². The Bertz CT molecular complexity index is 652. The molecule has 1 saturated carbocycles. The third-order valence-corrected chi connectivity index (χ3v) is 4.45. The van der Waals surface area contributed by atoms with E-state index in [0.717, 1.165) is 49.2 Å². The van der Waals surface area contributed by atoms with E-state index in [4.69, 9.17) is 0 Å². The van der Waals surface area contributed by atoms with Crippen LogP contribution >= 0.6 is 0 Å². The van der Waals surface area contributed by atoms with Crippen molar-refractivity contribution >= 4 is 0 Å². The van der Waals surface area contributed by atoms with Gasteiger partial charge in [-0.3, -0.25) is 0 Å². The van der Waals surface area contributed by atoms with E-state index in [1.165, 1.54) is 12.8 Å². The molecule has 1 aliphatic carbocycles. The molecule has 2 aliphatic rings. The van der Waals surface area contributed by atoms with Crippen LogP contribution in [0.25, 0.3) is 0 Å².